The van der Waals surface area contributed by atoms with Gasteiger partial charge < -0.3 is 10.6 Å². The maximum atomic E-state index is 11.6. The third-order valence-electron chi connectivity index (χ3n) is 2.33. The molecule has 0 bridgehead atoms. The molecule has 0 radical (unpaired) electrons. The van der Waals surface area contributed by atoms with Crippen molar-refractivity contribution < 1.29 is 4.79 Å². The molecule has 1 aromatic rings. The van der Waals surface area contributed by atoms with Crippen LogP contribution in [0, 0.1) is 0 Å². The summed E-state index contributed by atoms with van der Waals surface area (Å²) in [6.45, 7) is 1.38. The molecule has 1 unspecified atom stereocenters. The number of piperazine rings is 1. The summed E-state index contributed by atoms with van der Waals surface area (Å²) >= 11 is 11.9. The van der Waals surface area contributed by atoms with Crippen LogP contribution in [-0.4, -0.2) is 19.0 Å². The number of rotatable bonds is 1. The van der Waals surface area contributed by atoms with Crippen molar-refractivity contribution in [2.24, 2.45) is 0 Å². The number of carbonyl (C=O) groups excluding carboxylic acids is 1. The smallest absolute Gasteiger partial charge is 0.241 e. The van der Waals surface area contributed by atoms with Gasteiger partial charge in [0, 0.05) is 13.1 Å². The van der Waals surface area contributed by atoms with E-state index >= 15 is 0 Å². The van der Waals surface area contributed by atoms with Crippen LogP contribution in [0.15, 0.2) is 18.2 Å². The van der Waals surface area contributed by atoms with E-state index in [0.29, 0.717) is 16.6 Å². The number of halogens is 2. The average molecular weight is 245 g/mol. The molecule has 80 valence electrons. The topological polar surface area (TPSA) is 41.1 Å². The van der Waals surface area contributed by atoms with Crippen molar-refractivity contribution in [3.63, 3.8) is 0 Å². The van der Waals surface area contributed by atoms with Crippen LogP contribution in [0.5, 0.6) is 0 Å². The number of carbonyl (C=O) groups is 1. The number of hydrogen-bond acceptors (Lipinski definition) is 2. The zero-order valence-electron chi connectivity index (χ0n) is 7.89. The van der Waals surface area contributed by atoms with E-state index in [2.05, 4.69) is 10.6 Å². The van der Waals surface area contributed by atoms with Crippen molar-refractivity contribution >= 4 is 29.1 Å². The Morgan fingerprint density at radius 3 is 2.80 bits per heavy atom. The Hall–Kier alpha value is -0.770. The van der Waals surface area contributed by atoms with Crippen LogP contribution in [0.25, 0.3) is 0 Å². The number of nitrogens with one attached hydrogen (secondary N) is 2. The van der Waals surface area contributed by atoms with E-state index in [0.717, 1.165) is 12.1 Å². The van der Waals surface area contributed by atoms with Gasteiger partial charge in [-0.2, -0.15) is 0 Å². The minimum Gasteiger partial charge on any atom is -0.353 e. The van der Waals surface area contributed by atoms with Crippen LogP contribution in [0.1, 0.15) is 11.6 Å². The van der Waals surface area contributed by atoms with Gasteiger partial charge in [-0.05, 0) is 11.6 Å². The molecule has 2 rings (SSSR count). The van der Waals surface area contributed by atoms with Crippen LogP contribution >= 0.6 is 23.2 Å². The summed E-state index contributed by atoms with van der Waals surface area (Å²) in [6, 6.07) is 4.89. The van der Waals surface area contributed by atoms with Gasteiger partial charge in [0.05, 0.1) is 10.0 Å². The highest BCUT2D eigenvalue weighted by Crippen LogP contribution is 2.30. The lowest BCUT2D eigenvalue weighted by Crippen LogP contribution is -2.47. The summed E-state index contributed by atoms with van der Waals surface area (Å²) in [5.74, 6) is -0.0644. The van der Waals surface area contributed by atoms with Crippen LogP contribution in [0.2, 0.25) is 10.0 Å². The second-order valence-electron chi connectivity index (χ2n) is 3.32. The fourth-order valence-corrected chi connectivity index (χ4v) is 2.01. The molecule has 1 aromatic carbocycles. The van der Waals surface area contributed by atoms with Gasteiger partial charge in [-0.1, -0.05) is 35.3 Å². The average Bonchev–Trinajstić information content (AvgIpc) is 2.23. The van der Waals surface area contributed by atoms with E-state index in [1.165, 1.54) is 0 Å². The molecule has 1 amide bonds. The fourth-order valence-electron chi connectivity index (χ4n) is 1.59. The first kappa shape index (κ1) is 10.7. The van der Waals surface area contributed by atoms with Crippen LogP contribution in [0.4, 0.5) is 0 Å². The first-order chi connectivity index (χ1) is 7.20. The van der Waals surface area contributed by atoms with Crippen LogP contribution in [-0.2, 0) is 4.79 Å². The molecule has 1 heterocycles. The number of hydrogen-bond donors (Lipinski definition) is 2. The summed E-state index contributed by atoms with van der Waals surface area (Å²) in [6.07, 6.45) is 0. The molecule has 0 aliphatic carbocycles. The van der Waals surface area contributed by atoms with Gasteiger partial charge in [-0.3, -0.25) is 4.79 Å². The van der Waals surface area contributed by atoms with Crippen LogP contribution in [0.3, 0.4) is 0 Å². The summed E-state index contributed by atoms with van der Waals surface area (Å²) in [7, 11) is 0. The Kier molecular flexibility index (Phi) is 3.14. The predicted octanol–water partition coefficient (Wildman–Crippen LogP) is 1.75. The summed E-state index contributed by atoms with van der Waals surface area (Å²) in [5.41, 5.74) is 0.723. The van der Waals surface area contributed by atoms with E-state index < -0.39 is 6.04 Å². The Bertz CT molecular complexity index is 395. The Morgan fingerprint density at radius 2 is 2.07 bits per heavy atom. The van der Waals surface area contributed by atoms with Gasteiger partial charge in [0.25, 0.3) is 0 Å². The zero-order valence-corrected chi connectivity index (χ0v) is 9.40. The highest BCUT2D eigenvalue weighted by Gasteiger charge is 2.25. The molecule has 5 heteroatoms. The molecular formula is C10H10Cl2N2O. The quantitative estimate of drug-likeness (QED) is 0.791. The van der Waals surface area contributed by atoms with Crippen molar-refractivity contribution in [3.05, 3.63) is 33.8 Å². The first-order valence-corrected chi connectivity index (χ1v) is 5.41. The highest BCUT2D eigenvalue weighted by atomic mass is 35.5. The minimum atomic E-state index is -0.398. The summed E-state index contributed by atoms with van der Waals surface area (Å²) in [5, 5.41) is 6.78. The van der Waals surface area contributed by atoms with Gasteiger partial charge in [0.1, 0.15) is 6.04 Å². The lowest BCUT2D eigenvalue weighted by Gasteiger charge is -2.24. The largest absolute Gasteiger partial charge is 0.353 e. The van der Waals surface area contributed by atoms with Gasteiger partial charge in [-0.15, -0.1) is 0 Å². The van der Waals surface area contributed by atoms with Crippen molar-refractivity contribution in [1.82, 2.24) is 10.6 Å². The normalized spacial score (nSPS) is 21.2. The van der Waals surface area contributed by atoms with E-state index in [-0.39, 0.29) is 5.91 Å². The lowest BCUT2D eigenvalue weighted by atomic mass is 10.0. The molecule has 1 saturated heterocycles. The van der Waals surface area contributed by atoms with Crippen molar-refractivity contribution in [2.75, 3.05) is 13.1 Å². The second-order valence-corrected chi connectivity index (χ2v) is 4.11. The van der Waals surface area contributed by atoms with Crippen molar-refractivity contribution in [1.29, 1.82) is 0 Å². The summed E-state index contributed by atoms with van der Waals surface area (Å²) in [4.78, 5) is 11.6. The number of amides is 1. The third-order valence-corrected chi connectivity index (χ3v) is 3.16. The minimum absolute atomic E-state index is 0.0644. The molecule has 1 aliphatic heterocycles. The van der Waals surface area contributed by atoms with Crippen molar-refractivity contribution in [3.8, 4) is 0 Å². The zero-order chi connectivity index (χ0) is 10.8. The summed E-state index contributed by atoms with van der Waals surface area (Å²) < 4.78 is 0. The van der Waals surface area contributed by atoms with Gasteiger partial charge >= 0.3 is 0 Å². The third kappa shape index (κ3) is 2.09. The van der Waals surface area contributed by atoms with Gasteiger partial charge in [0.15, 0.2) is 0 Å². The Balaban J connectivity index is 2.35. The molecule has 1 atom stereocenters. The number of benzene rings is 1. The molecule has 2 N–H and O–H groups in total. The Morgan fingerprint density at radius 1 is 1.27 bits per heavy atom. The molecule has 1 fully saturated rings. The molecule has 0 saturated carbocycles. The molecule has 15 heavy (non-hydrogen) atoms. The first-order valence-electron chi connectivity index (χ1n) is 4.65. The second kappa shape index (κ2) is 4.39. The van der Waals surface area contributed by atoms with Crippen LogP contribution < -0.4 is 10.6 Å². The molecule has 0 aromatic heterocycles. The Labute approximate surface area is 97.8 Å². The molecule has 1 aliphatic rings. The standard InChI is InChI=1S/C10H10Cl2N2O/c11-7-3-1-2-6(8(7)12)9-10(15)14-5-4-13-9/h1-3,9,13H,4-5H2,(H,14,15). The lowest BCUT2D eigenvalue weighted by molar-refractivity contribution is -0.124. The van der Waals surface area contributed by atoms with E-state index in [1.54, 1.807) is 18.2 Å². The highest BCUT2D eigenvalue weighted by molar-refractivity contribution is 6.42. The predicted molar refractivity (Wildman–Crippen MR) is 60.2 cm³/mol. The van der Waals surface area contributed by atoms with E-state index in [9.17, 15) is 4.79 Å². The monoisotopic (exact) mass is 244 g/mol. The molecule has 0 spiro atoms. The van der Waals surface area contributed by atoms with E-state index in [4.69, 9.17) is 23.2 Å². The van der Waals surface area contributed by atoms with Gasteiger partial charge in [-0.25, -0.2) is 0 Å². The SMILES string of the molecule is O=C1NCCNC1c1cccc(Cl)c1Cl. The maximum Gasteiger partial charge on any atom is 0.241 e. The molecule has 3 nitrogen and oxygen atoms in total. The molecular weight excluding hydrogens is 235 g/mol. The maximum absolute atomic E-state index is 11.6. The van der Waals surface area contributed by atoms with Crippen molar-refractivity contribution in [2.45, 2.75) is 6.04 Å². The fraction of sp³-hybridized carbons (Fsp3) is 0.300. The van der Waals surface area contributed by atoms with E-state index in [1.807, 2.05) is 0 Å². The van der Waals surface area contributed by atoms with Gasteiger partial charge in [0.2, 0.25) is 5.91 Å².